The Balaban J connectivity index is 1.48. The van der Waals surface area contributed by atoms with Crippen LogP contribution in [0.5, 0.6) is 5.75 Å². The summed E-state index contributed by atoms with van der Waals surface area (Å²) < 4.78 is 0. The molecule has 164 valence electrons. The third-order valence-electron chi connectivity index (χ3n) is 5.70. The molecule has 0 unspecified atom stereocenters. The number of benzene rings is 3. The lowest BCUT2D eigenvalue weighted by Crippen LogP contribution is -2.33. The van der Waals surface area contributed by atoms with Gasteiger partial charge in [0.1, 0.15) is 5.75 Å². The van der Waals surface area contributed by atoms with Gasteiger partial charge in [0.2, 0.25) is 5.91 Å². The van der Waals surface area contributed by atoms with Gasteiger partial charge in [-0.1, -0.05) is 60.8 Å². The third kappa shape index (κ3) is 5.08. The van der Waals surface area contributed by atoms with Gasteiger partial charge in [-0.2, -0.15) is 5.10 Å². The number of halogens is 1. The van der Waals surface area contributed by atoms with E-state index in [0.29, 0.717) is 18.0 Å². The molecule has 32 heavy (non-hydrogen) atoms. The summed E-state index contributed by atoms with van der Waals surface area (Å²) >= 11 is 5.85. The molecule has 0 aromatic heterocycles. The maximum absolute atomic E-state index is 12.5. The lowest BCUT2D eigenvalue weighted by molar-refractivity contribution is -0.121. The lowest BCUT2D eigenvalue weighted by Gasteiger charge is -2.13. The first-order valence-corrected chi connectivity index (χ1v) is 11.0. The average molecular weight is 450 g/mol. The molecule has 0 aliphatic heterocycles. The van der Waals surface area contributed by atoms with Crippen molar-refractivity contribution in [3.63, 3.8) is 0 Å². The van der Waals surface area contributed by atoms with Crippen molar-refractivity contribution in [2.75, 3.05) is 0 Å². The first-order valence-electron chi connectivity index (χ1n) is 10.6. The van der Waals surface area contributed by atoms with Gasteiger partial charge >= 0.3 is 0 Å². The molecule has 1 fully saturated rings. The van der Waals surface area contributed by atoms with Crippen molar-refractivity contribution in [1.82, 2.24) is 10.7 Å². The molecule has 0 saturated heterocycles. The van der Waals surface area contributed by atoms with E-state index in [1.54, 1.807) is 6.21 Å². The molecule has 6 nitrogen and oxygen atoms in total. The number of hydrogen-bond acceptors (Lipinski definition) is 4. The molecular formula is C25H24ClN3O3. The van der Waals surface area contributed by atoms with Crippen LogP contribution in [-0.4, -0.2) is 29.2 Å². The van der Waals surface area contributed by atoms with Crippen molar-refractivity contribution >= 4 is 40.4 Å². The highest BCUT2D eigenvalue weighted by Gasteiger charge is 2.18. The molecule has 3 aromatic rings. The molecule has 0 heterocycles. The van der Waals surface area contributed by atoms with Crippen LogP contribution in [0.15, 0.2) is 59.7 Å². The Hall–Kier alpha value is -3.38. The van der Waals surface area contributed by atoms with Gasteiger partial charge in [0, 0.05) is 17.2 Å². The van der Waals surface area contributed by atoms with E-state index < -0.39 is 5.91 Å². The number of carbonyl (C=O) groups is 2. The number of fused-ring (bicyclic) bond motifs is 1. The third-order valence-corrected chi connectivity index (χ3v) is 6.00. The van der Waals surface area contributed by atoms with Crippen molar-refractivity contribution in [2.45, 2.75) is 38.1 Å². The number of hydrazone groups is 1. The first-order chi connectivity index (χ1) is 15.5. The molecule has 0 radical (unpaired) electrons. The van der Waals surface area contributed by atoms with Gasteiger partial charge < -0.3 is 10.4 Å². The Morgan fingerprint density at radius 1 is 1.06 bits per heavy atom. The van der Waals surface area contributed by atoms with Crippen LogP contribution in [0.3, 0.4) is 0 Å². The largest absolute Gasteiger partial charge is 0.506 e. The number of hydrogen-bond donors (Lipinski definition) is 3. The highest BCUT2D eigenvalue weighted by molar-refractivity contribution is 6.32. The number of phenolic OH excluding ortho intramolecular Hbond substituents is 1. The molecular weight excluding hydrogens is 426 g/mol. The highest BCUT2D eigenvalue weighted by atomic mass is 35.5. The fourth-order valence-corrected chi connectivity index (χ4v) is 4.23. The van der Waals surface area contributed by atoms with E-state index in [2.05, 4.69) is 15.8 Å². The molecule has 3 aromatic carbocycles. The van der Waals surface area contributed by atoms with Crippen molar-refractivity contribution in [3.8, 4) is 5.75 Å². The van der Waals surface area contributed by atoms with Gasteiger partial charge in [0.25, 0.3) is 5.91 Å². The molecule has 1 aliphatic carbocycles. The van der Waals surface area contributed by atoms with Crippen molar-refractivity contribution in [3.05, 3.63) is 76.3 Å². The molecule has 4 rings (SSSR count). The minimum atomic E-state index is -0.437. The molecule has 2 amide bonds. The summed E-state index contributed by atoms with van der Waals surface area (Å²) in [4.78, 5) is 24.8. The SMILES string of the molecule is O=C(Cc1ccc(/C=N/NC(=O)c2ccc(O)c(Cl)c2)c2ccccc12)NC1CCCC1. The van der Waals surface area contributed by atoms with Crippen LogP contribution in [-0.2, 0) is 11.2 Å². The summed E-state index contributed by atoms with van der Waals surface area (Å²) in [5.74, 6) is -0.480. The molecule has 1 saturated carbocycles. The van der Waals surface area contributed by atoms with E-state index in [-0.39, 0.29) is 16.7 Å². The number of phenols is 1. The van der Waals surface area contributed by atoms with Crippen LogP contribution in [0.1, 0.15) is 47.2 Å². The Morgan fingerprint density at radius 2 is 1.81 bits per heavy atom. The molecule has 3 N–H and O–H groups in total. The van der Waals surface area contributed by atoms with Crippen molar-refractivity contribution < 1.29 is 14.7 Å². The minimum Gasteiger partial charge on any atom is -0.506 e. The Kier molecular flexibility index (Phi) is 6.71. The molecule has 0 bridgehead atoms. The summed E-state index contributed by atoms with van der Waals surface area (Å²) in [5.41, 5.74) is 4.54. The second-order valence-corrected chi connectivity index (χ2v) is 8.36. The van der Waals surface area contributed by atoms with Crippen molar-refractivity contribution in [2.24, 2.45) is 5.10 Å². The summed E-state index contributed by atoms with van der Waals surface area (Å²) in [6.45, 7) is 0. The normalized spacial score (nSPS) is 14.2. The van der Waals surface area contributed by atoms with Crippen LogP contribution in [0.2, 0.25) is 5.02 Å². The maximum Gasteiger partial charge on any atom is 0.271 e. The van der Waals surface area contributed by atoms with Gasteiger partial charge in [0.05, 0.1) is 17.7 Å². The predicted molar refractivity (Wildman–Crippen MR) is 126 cm³/mol. The molecule has 7 heteroatoms. The summed E-state index contributed by atoms with van der Waals surface area (Å²) in [6.07, 6.45) is 6.38. The number of nitrogens with zero attached hydrogens (tertiary/aromatic N) is 1. The number of rotatable bonds is 6. The van der Waals surface area contributed by atoms with Crippen LogP contribution in [0.4, 0.5) is 0 Å². The number of carbonyl (C=O) groups excluding carboxylic acids is 2. The Morgan fingerprint density at radius 3 is 2.56 bits per heavy atom. The minimum absolute atomic E-state index is 0.0447. The lowest BCUT2D eigenvalue weighted by atomic mass is 9.98. The van der Waals surface area contributed by atoms with Crippen LogP contribution >= 0.6 is 11.6 Å². The average Bonchev–Trinajstić information content (AvgIpc) is 3.30. The van der Waals surface area contributed by atoms with Crippen molar-refractivity contribution in [1.29, 1.82) is 0 Å². The van der Waals surface area contributed by atoms with E-state index >= 15 is 0 Å². The second kappa shape index (κ2) is 9.83. The topological polar surface area (TPSA) is 90.8 Å². The molecule has 0 spiro atoms. The van der Waals surface area contributed by atoms with E-state index in [1.165, 1.54) is 31.0 Å². The zero-order valence-electron chi connectivity index (χ0n) is 17.5. The van der Waals surface area contributed by atoms with Gasteiger partial charge in [-0.15, -0.1) is 0 Å². The summed E-state index contributed by atoms with van der Waals surface area (Å²) in [7, 11) is 0. The number of nitrogens with one attached hydrogen (secondary N) is 2. The van der Waals surface area contributed by atoms with E-state index in [0.717, 1.165) is 34.7 Å². The van der Waals surface area contributed by atoms with E-state index in [4.69, 9.17) is 11.6 Å². The van der Waals surface area contributed by atoms with E-state index in [1.807, 2.05) is 36.4 Å². The van der Waals surface area contributed by atoms with Crippen LogP contribution < -0.4 is 10.7 Å². The number of amides is 2. The zero-order valence-corrected chi connectivity index (χ0v) is 18.2. The van der Waals surface area contributed by atoms with Crippen LogP contribution in [0.25, 0.3) is 10.8 Å². The quantitative estimate of drug-likeness (QED) is 0.380. The second-order valence-electron chi connectivity index (χ2n) is 7.95. The van der Waals surface area contributed by atoms with Gasteiger partial charge in [-0.3, -0.25) is 9.59 Å². The molecule has 0 atom stereocenters. The highest BCUT2D eigenvalue weighted by Crippen LogP contribution is 2.24. The Bertz CT molecular complexity index is 1190. The fourth-order valence-electron chi connectivity index (χ4n) is 4.05. The maximum atomic E-state index is 12.5. The van der Waals surface area contributed by atoms with Crippen LogP contribution in [0, 0.1) is 0 Å². The van der Waals surface area contributed by atoms with Gasteiger partial charge in [-0.05, 0) is 47.4 Å². The number of aromatic hydroxyl groups is 1. The standard InChI is InChI=1S/C25H24ClN3O3/c26-22-13-17(11-12-23(22)30)25(32)29-27-15-18-10-9-16(20-7-3-4-8-21(18)20)14-24(31)28-19-5-1-2-6-19/h3-4,7-13,15,19,30H,1-2,5-6,14H2,(H,28,31)(H,29,32)/b27-15+. The Labute approximate surface area is 191 Å². The first kappa shape index (κ1) is 21.8. The monoisotopic (exact) mass is 449 g/mol. The predicted octanol–water partition coefficient (Wildman–Crippen LogP) is 4.56. The molecule has 1 aliphatic rings. The smallest absolute Gasteiger partial charge is 0.271 e. The summed E-state index contributed by atoms with van der Waals surface area (Å²) in [5, 5.41) is 18.7. The summed E-state index contributed by atoms with van der Waals surface area (Å²) in [6, 6.07) is 16.2. The fraction of sp³-hybridized carbons (Fsp3) is 0.240. The zero-order chi connectivity index (χ0) is 22.5. The van der Waals surface area contributed by atoms with Gasteiger partial charge in [-0.25, -0.2) is 5.43 Å². The van der Waals surface area contributed by atoms with Gasteiger partial charge in [0.15, 0.2) is 0 Å². The van der Waals surface area contributed by atoms with E-state index in [9.17, 15) is 14.7 Å².